The van der Waals surface area contributed by atoms with Crippen molar-refractivity contribution >= 4 is 5.91 Å². The van der Waals surface area contributed by atoms with Crippen molar-refractivity contribution in [1.29, 1.82) is 0 Å². The van der Waals surface area contributed by atoms with Crippen LogP contribution in [0.4, 0.5) is 0 Å². The van der Waals surface area contributed by atoms with Crippen molar-refractivity contribution in [1.82, 2.24) is 10.3 Å². The second-order valence-electron chi connectivity index (χ2n) is 3.85. The van der Waals surface area contributed by atoms with Crippen LogP contribution < -0.4 is 11.1 Å². The van der Waals surface area contributed by atoms with Crippen LogP contribution in [0.15, 0.2) is 24.5 Å². The summed E-state index contributed by atoms with van der Waals surface area (Å²) < 4.78 is 0. The van der Waals surface area contributed by atoms with E-state index in [2.05, 4.69) is 10.3 Å². The Morgan fingerprint density at radius 3 is 3.00 bits per heavy atom. The molecule has 16 heavy (non-hydrogen) atoms. The van der Waals surface area contributed by atoms with E-state index in [0.29, 0.717) is 19.5 Å². The summed E-state index contributed by atoms with van der Waals surface area (Å²) in [4.78, 5) is 15.5. The number of carbonyl (C=O) groups is 1. The Hall–Kier alpha value is -1.42. The van der Waals surface area contributed by atoms with Gasteiger partial charge in [0.05, 0.1) is 0 Å². The van der Waals surface area contributed by atoms with Crippen LogP contribution in [0.1, 0.15) is 25.3 Å². The number of hydrogen-bond donors (Lipinski definition) is 2. The molecule has 1 atom stereocenters. The molecule has 0 aliphatic rings. The maximum Gasteiger partial charge on any atom is 0.220 e. The van der Waals surface area contributed by atoms with Crippen LogP contribution in [0.25, 0.3) is 0 Å². The van der Waals surface area contributed by atoms with Gasteiger partial charge in [0, 0.05) is 25.4 Å². The molecule has 0 radical (unpaired) electrons. The molecule has 1 rings (SSSR count). The molecule has 4 heteroatoms. The average Bonchev–Trinajstić information content (AvgIpc) is 2.34. The van der Waals surface area contributed by atoms with Crippen LogP contribution in [0.5, 0.6) is 0 Å². The zero-order valence-electron chi connectivity index (χ0n) is 9.65. The molecule has 0 bridgehead atoms. The number of rotatable bonds is 6. The van der Waals surface area contributed by atoms with Gasteiger partial charge < -0.3 is 11.1 Å². The first-order chi connectivity index (χ1) is 7.76. The molecule has 1 amide bonds. The van der Waals surface area contributed by atoms with Crippen molar-refractivity contribution in [2.45, 2.75) is 26.3 Å². The van der Waals surface area contributed by atoms with E-state index in [1.165, 1.54) is 0 Å². The van der Waals surface area contributed by atoms with Crippen LogP contribution >= 0.6 is 0 Å². The van der Waals surface area contributed by atoms with Crippen molar-refractivity contribution < 1.29 is 4.79 Å². The molecule has 0 aromatic carbocycles. The van der Waals surface area contributed by atoms with Gasteiger partial charge in [-0.3, -0.25) is 9.78 Å². The first-order valence-electron chi connectivity index (χ1n) is 5.62. The van der Waals surface area contributed by atoms with Gasteiger partial charge in [0.1, 0.15) is 0 Å². The van der Waals surface area contributed by atoms with E-state index in [1.54, 1.807) is 12.4 Å². The quantitative estimate of drug-likeness (QED) is 0.755. The molecular weight excluding hydrogens is 202 g/mol. The highest BCUT2D eigenvalue weighted by molar-refractivity contribution is 5.76. The molecule has 4 nitrogen and oxygen atoms in total. The van der Waals surface area contributed by atoms with Crippen molar-refractivity contribution in [3.05, 3.63) is 30.1 Å². The monoisotopic (exact) mass is 221 g/mol. The number of amides is 1. The fourth-order valence-electron chi connectivity index (χ4n) is 1.43. The minimum Gasteiger partial charge on any atom is -0.352 e. The lowest BCUT2D eigenvalue weighted by Gasteiger charge is -2.11. The summed E-state index contributed by atoms with van der Waals surface area (Å²) in [5.74, 6) is 0.343. The van der Waals surface area contributed by atoms with Gasteiger partial charge >= 0.3 is 0 Å². The molecule has 1 heterocycles. The lowest BCUT2D eigenvalue weighted by Crippen LogP contribution is -2.27. The SMILES string of the molecule is CCC(CN)CC(=O)NCc1cccnc1. The van der Waals surface area contributed by atoms with E-state index >= 15 is 0 Å². The Morgan fingerprint density at radius 1 is 1.62 bits per heavy atom. The highest BCUT2D eigenvalue weighted by Gasteiger charge is 2.09. The number of nitrogens with two attached hydrogens (primary N) is 1. The molecule has 0 saturated carbocycles. The summed E-state index contributed by atoms with van der Waals surface area (Å²) in [5.41, 5.74) is 6.56. The maximum absolute atomic E-state index is 11.6. The second kappa shape index (κ2) is 6.95. The highest BCUT2D eigenvalue weighted by atomic mass is 16.1. The number of hydrogen-bond acceptors (Lipinski definition) is 3. The number of pyridine rings is 1. The number of nitrogens with one attached hydrogen (secondary N) is 1. The first-order valence-corrected chi connectivity index (χ1v) is 5.62. The second-order valence-corrected chi connectivity index (χ2v) is 3.85. The summed E-state index contributed by atoms with van der Waals surface area (Å²) in [6, 6.07) is 3.80. The van der Waals surface area contributed by atoms with Gasteiger partial charge in [-0.15, -0.1) is 0 Å². The Balaban J connectivity index is 2.30. The molecule has 0 aliphatic carbocycles. The number of carbonyl (C=O) groups excluding carboxylic acids is 1. The third-order valence-corrected chi connectivity index (χ3v) is 2.60. The molecule has 1 aromatic rings. The largest absolute Gasteiger partial charge is 0.352 e. The summed E-state index contributed by atoms with van der Waals surface area (Å²) in [7, 11) is 0. The van der Waals surface area contributed by atoms with Crippen molar-refractivity contribution in [3.63, 3.8) is 0 Å². The fourth-order valence-corrected chi connectivity index (χ4v) is 1.43. The third kappa shape index (κ3) is 4.40. The molecule has 3 N–H and O–H groups in total. The van der Waals surface area contributed by atoms with Gasteiger partial charge in [0.25, 0.3) is 0 Å². The van der Waals surface area contributed by atoms with E-state index in [1.807, 2.05) is 19.1 Å². The Morgan fingerprint density at radius 2 is 2.44 bits per heavy atom. The summed E-state index contributed by atoms with van der Waals surface area (Å²) >= 11 is 0. The van der Waals surface area contributed by atoms with Gasteiger partial charge in [-0.2, -0.15) is 0 Å². The van der Waals surface area contributed by atoms with Gasteiger partial charge in [0.15, 0.2) is 0 Å². The molecule has 0 saturated heterocycles. The van der Waals surface area contributed by atoms with Crippen LogP contribution in [-0.2, 0) is 11.3 Å². The van der Waals surface area contributed by atoms with E-state index in [-0.39, 0.29) is 11.8 Å². The van der Waals surface area contributed by atoms with Crippen molar-refractivity contribution in [2.24, 2.45) is 11.7 Å². The Bertz CT molecular complexity index is 309. The highest BCUT2D eigenvalue weighted by Crippen LogP contribution is 2.05. The van der Waals surface area contributed by atoms with E-state index in [0.717, 1.165) is 12.0 Å². The van der Waals surface area contributed by atoms with Crippen LogP contribution in [0.3, 0.4) is 0 Å². The molecule has 0 spiro atoms. The lowest BCUT2D eigenvalue weighted by atomic mass is 10.0. The fraction of sp³-hybridized carbons (Fsp3) is 0.500. The van der Waals surface area contributed by atoms with Crippen LogP contribution in [0, 0.1) is 5.92 Å². The number of aromatic nitrogens is 1. The van der Waals surface area contributed by atoms with Crippen molar-refractivity contribution in [2.75, 3.05) is 6.54 Å². The summed E-state index contributed by atoms with van der Waals surface area (Å²) in [6.45, 7) is 3.15. The molecule has 0 fully saturated rings. The smallest absolute Gasteiger partial charge is 0.220 e. The Kier molecular flexibility index (Phi) is 5.50. The minimum atomic E-state index is 0.0566. The molecule has 1 aromatic heterocycles. The van der Waals surface area contributed by atoms with Gasteiger partial charge in [0.2, 0.25) is 5.91 Å². The van der Waals surface area contributed by atoms with Crippen LogP contribution in [-0.4, -0.2) is 17.4 Å². The summed E-state index contributed by atoms with van der Waals surface area (Å²) in [5, 5.41) is 2.86. The molecular formula is C12H19N3O. The molecule has 0 aliphatic heterocycles. The van der Waals surface area contributed by atoms with Gasteiger partial charge in [-0.05, 0) is 24.1 Å². The third-order valence-electron chi connectivity index (χ3n) is 2.60. The predicted molar refractivity (Wildman–Crippen MR) is 63.5 cm³/mol. The van der Waals surface area contributed by atoms with E-state index < -0.39 is 0 Å². The van der Waals surface area contributed by atoms with Crippen LogP contribution in [0.2, 0.25) is 0 Å². The normalized spacial score (nSPS) is 12.1. The van der Waals surface area contributed by atoms with Gasteiger partial charge in [-0.1, -0.05) is 19.4 Å². The average molecular weight is 221 g/mol. The summed E-state index contributed by atoms with van der Waals surface area (Å²) in [6.07, 6.45) is 4.91. The van der Waals surface area contributed by atoms with Gasteiger partial charge in [-0.25, -0.2) is 0 Å². The zero-order chi connectivity index (χ0) is 11.8. The number of nitrogens with zero attached hydrogens (tertiary/aromatic N) is 1. The van der Waals surface area contributed by atoms with Crippen molar-refractivity contribution in [3.8, 4) is 0 Å². The minimum absolute atomic E-state index is 0.0566. The first kappa shape index (κ1) is 12.6. The van der Waals surface area contributed by atoms with E-state index in [4.69, 9.17) is 5.73 Å². The lowest BCUT2D eigenvalue weighted by molar-refractivity contribution is -0.122. The molecule has 88 valence electrons. The Labute approximate surface area is 96.3 Å². The van der Waals surface area contributed by atoms with E-state index in [9.17, 15) is 4.79 Å². The molecule has 1 unspecified atom stereocenters. The predicted octanol–water partition coefficient (Wildman–Crippen LogP) is 1.07. The topological polar surface area (TPSA) is 68.0 Å². The standard InChI is InChI=1S/C12H19N3O/c1-2-10(7-13)6-12(16)15-9-11-4-3-5-14-8-11/h3-5,8,10H,2,6-7,9,13H2,1H3,(H,15,16). The maximum atomic E-state index is 11.6. The zero-order valence-corrected chi connectivity index (χ0v) is 9.65.